The van der Waals surface area contributed by atoms with Crippen molar-refractivity contribution in [1.82, 2.24) is 4.90 Å². The number of carbonyl (C=O) groups excluding carboxylic acids is 1. The predicted octanol–water partition coefficient (Wildman–Crippen LogP) is 2.05. The van der Waals surface area contributed by atoms with Crippen LogP contribution in [-0.2, 0) is 4.79 Å². The zero-order valence-electron chi connectivity index (χ0n) is 11.7. The summed E-state index contributed by atoms with van der Waals surface area (Å²) in [4.78, 5) is 17.0. The van der Waals surface area contributed by atoms with E-state index in [0.29, 0.717) is 18.1 Å². The molecule has 1 aromatic rings. The average Bonchev–Trinajstić information content (AvgIpc) is 3.29. The van der Waals surface area contributed by atoms with Crippen LogP contribution in [0.25, 0.3) is 0 Å². The lowest BCUT2D eigenvalue weighted by Gasteiger charge is -2.37. The average molecular weight is 324 g/mol. The van der Waals surface area contributed by atoms with E-state index in [1.54, 1.807) is 0 Å². The lowest BCUT2D eigenvalue weighted by Crippen LogP contribution is -2.52. The quantitative estimate of drug-likeness (QED) is 0.865. The van der Waals surface area contributed by atoms with Gasteiger partial charge in [-0.15, -0.1) is 0 Å². The first kappa shape index (κ1) is 14.6. The van der Waals surface area contributed by atoms with Gasteiger partial charge in [-0.3, -0.25) is 4.79 Å². The molecule has 2 N–H and O–H groups in total. The molecule has 1 saturated carbocycles. The Bertz CT molecular complexity index is 580. The van der Waals surface area contributed by atoms with Gasteiger partial charge in [0.15, 0.2) is 0 Å². The number of benzene rings is 1. The molecule has 1 aliphatic carbocycles. The summed E-state index contributed by atoms with van der Waals surface area (Å²) in [5.41, 5.74) is 6.22. The fourth-order valence-corrected chi connectivity index (χ4v) is 3.40. The van der Waals surface area contributed by atoms with Crippen molar-refractivity contribution in [2.45, 2.75) is 12.8 Å². The molecule has 1 aromatic carbocycles. The molecule has 21 heavy (non-hydrogen) atoms. The Balaban J connectivity index is 1.65. The molecule has 3 rings (SSSR count). The number of nitrogens with two attached hydrogens (primary N) is 1. The highest BCUT2D eigenvalue weighted by atomic mass is 35.5. The van der Waals surface area contributed by atoms with Crippen LogP contribution in [0, 0.1) is 5.41 Å². The number of nitrogens with zero attached hydrogens (tertiary/aromatic N) is 2. The fourth-order valence-electron chi connectivity index (χ4n) is 2.85. The molecule has 0 atom stereocenters. The highest BCUT2D eigenvalue weighted by Gasteiger charge is 2.54. The summed E-state index contributed by atoms with van der Waals surface area (Å²) in [5.74, 6) is 0.105. The van der Waals surface area contributed by atoms with E-state index in [2.05, 4.69) is 4.90 Å². The molecular weight excluding hydrogens is 306 g/mol. The van der Waals surface area contributed by atoms with Crippen LogP contribution in [0.1, 0.15) is 12.8 Å². The minimum Gasteiger partial charge on any atom is -0.392 e. The SMILES string of the molecule is NC(=S)C1(C(=O)N2CCN(c3ccccc3Cl)CC2)CC1. The van der Waals surface area contributed by atoms with Crippen LogP contribution in [0.15, 0.2) is 24.3 Å². The van der Waals surface area contributed by atoms with Gasteiger partial charge < -0.3 is 15.5 Å². The zero-order chi connectivity index (χ0) is 15.0. The smallest absolute Gasteiger partial charge is 0.235 e. The number of para-hydroxylation sites is 1. The van der Waals surface area contributed by atoms with Gasteiger partial charge >= 0.3 is 0 Å². The second-order valence-electron chi connectivity index (χ2n) is 5.68. The molecule has 0 spiro atoms. The summed E-state index contributed by atoms with van der Waals surface area (Å²) < 4.78 is 0. The first-order valence-electron chi connectivity index (χ1n) is 7.13. The van der Waals surface area contributed by atoms with Crippen molar-refractivity contribution < 1.29 is 4.79 Å². The molecule has 1 heterocycles. The maximum absolute atomic E-state index is 12.5. The normalized spacial score (nSPS) is 20.2. The first-order valence-corrected chi connectivity index (χ1v) is 7.92. The monoisotopic (exact) mass is 323 g/mol. The van der Waals surface area contributed by atoms with E-state index in [9.17, 15) is 4.79 Å². The van der Waals surface area contributed by atoms with E-state index < -0.39 is 5.41 Å². The van der Waals surface area contributed by atoms with Gasteiger partial charge in [-0.1, -0.05) is 36.0 Å². The van der Waals surface area contributed by atoms with Crippen molar-refractivity contribution in [2.24, 2.45) is 11.1 Å². The predicted molar refractivity (Wildman–Crippen MR) is 88.7 cm³/mol. The number of halogens is 1. The Morgan fingerprint density at radius 2 is 1.81 bits per heavy atom. The number of hydrogen-bond acceptors (Lipinski definition) is 3. The third-order valence-electron chi connectivity index (χ3n) is 4.39. The van der Waals surface area contributed by atoms with Gasteiger partial charge in [-0.2, -0.15) is 0 Å². The van der Waals surface area contributed by atoms with Crippen molar-refractivity contribution in [3.63, 3.8) is 0 Å². The largest absolute Gasteiger partial charge is 0.392 e. The minimum atomic E-state index is -0.540. The Morgan fingerprint density at radius 3 is 2.33 bits per heavy atom. The van der Waals surface area contributed by atoms with Gasteiger partial charge in [0, 0.05) is 26.2 Å². The molecular formula is C15H18ClN3OS. The maximum Gasteiger partial charge on any atom is 0.235 e. The van der Waals surface area contributed by atoms with Gasteiger partial charge in [-0.25, -0.2) is 0 Å². The summed E-state index contributed by atoms with van der Waals surface area (Å²) in [7, 11) is 0. The third kappa shape index (κ3) is 2.60. The number of thiocarbonyl (C=S) groups is 1. The van der Waals surface area contributed by atoms with Gasteiger partial charge in [0.1, 0.15) is 0 Å². The van der Waals surface area contributed by atoms with Gasteiger partial charge in [-0.05, 0) is 25.0 Å². The van der Waals surface area contributed by atoms with Crippen molar-refractivity contribution in [1.29, 1.82) is 0 Å². The molecule has 4 nitrogen and oxygen atoms in total. The second-order valence-corrected chi connectivity index (χ2v) is 6.52. The van der Waals surface area contributed by atoms with E-state index in [4.69, 9.17) is 29.6 Å². The van der Waals surface area contributed by atoms with E-state index in [1.165, 1.54) is 0 Å². The van der Waals surface area contributed by atoms with Crippen LogP contribution >= 0.6 is 23.8 Å². The molecule has 1 amide bonds. The van der Waals surface area contributed by atoms with E-state index >= 15 is 0 Å². The highest BCUT2D eigenvalue weighted by Crippen LogP contribution is 2.47. The number of rotatable bonds is 3. The Labute approximate surface area is 134 Å². The van der Waals surface area contributed by atoms with E-state index in [0.717, 1.165) is 36.6 Å². The maximum atomic E-state index is 12.5. The van der Waals surface area contributed by atoms with E-state index in [1.807, 2.05) is 29.2 Å². The summed E-state index contributed by atoms with van der Waals surface area (Å²) in [6.45, 7) is 2.94. The Hall–Kier alpha value is -1.33. The number of carbonyl (C=O) groups is 1. The van der Waals surface area contributed by atoms with E-state index in [-0.39, 0.29) is 5.91 Å². The molecule has 0 unspecified atom stereocenters. The topological polar surface area (TPSA) is 49.6 Å². The molecule has 2 aliphatic rings. The summed E-state index contributed by atoms with van der Waals surface area (Å²) in [5, 5.41) is 0.749. The van der Waals surface area contributed by atoms with Crippen LogP contribution in [0.2, 0.25) is 5.02 Å². The lowest BCUT2D eigenvalue weighted by molar-refractivity contribution is -0.134. The fraction of sp³-hybridized carbons (Fsp3) is 0.467. The van der Waals surface area contributed by atoms with Gasteiger partial charge in [0.2, 0.25) is 5.91 Å². The summed E-state index contributed by atoms with van der Waals surface area (Å²) >= 11 is 11.3. The summed E-state index contributed by atoms with van der Waals surface area (Å²) in [6.07, 6.45) is 1.60. The van der Waals surface area contributed by atoms with Crippen LogP contribution in [0.4, 0.5) is 5.69 Å². The van der Waals surface area contributed by atoms with Crippen LogP contribution in [0.5, 0.6) is 0 Å². The minimum absolute atomic E-state index is 0.105. The number of anilines is 1. The Morgan fingerprint density at radius 1 is 1.19 bits per heavy atom. The van der Waals surface area contributed by atoms with Crippen LogP contribution in [0.3, 0.4) is 0 Å². The number of hydrogen-bond donors (Lipinski definition) is 1. The molecule has 1 saturated heterocycles. The molecule has 2 fully saturated rings. The van der Waals surface area contributed by atoms with Crippen LogP contribution in [-0.4, -0.2) is 42.0 Å². The van der Waals surface area contributed by atoms with Crippen molar-refractivity contribution in [2.75, 3.05) is 31.1 Å². The molecule has 6 heteroatoms. The second kappa shape index (κ2) is 5.46. The molecule has 0 aromatic heterocycles. The first-order chi connectivity index (χ1) is 10.0. The number of amides is 1. The third-order valence-corrected chi connectivity index (χ3v) is 5.10. The standard InChI is InChI=1S/C15H18ClN3OS/c16-11-3-1-2-4-12(11)18-7-9-19(10-8-18)14(20)15(5-6-15)13(17)21/h1-4H,5-10H2,(H2,17,21). The number of piperazine rings is 1. The Kier molecular flexibility index (Phi) is 3.80. The van der Waals surface area contributed by atoms with Crippen molar-refractivity contribution >= 4 is 40.4 Å². The van der Waals surface area contributed by atoms with Crippen molar-refractivity contribution in [3.05, 3.63) is 29.3 Å². The zero-order valence-corrected chi connectivity index (χ0v) is 13.3. The summed E-state index contributed by atoms with van der Waals surface area (Å²) in [6, 6.07) is 7.80. The van der Waals surface area contributed by atoms with Gasteiger partial charge in [0.25, 0.3) is 0 Å². The van der Waals surface area contributed by atoms with Gasteiger partial charge in [0.05, 0.1) is 21.1 Å². The lowest BCUT2D eigenvalue weighted by atomic mass is 10.0. The molecule has 0 bridgehead atoms. The van der Waals surface area contributed by atoms with Crippen molar-refractivity contribution in [3.8, 4) is 0 Å². The molecule has 0 radical (unpaired) electrons. The molecule has 1 aliphatic heterocycles. The van der Waals surface area contributed by atoms with Crippen LogP contribution < -0.4 is 10.6 Å². The highest BCUT2D eigenvalue weighted by molar-refractivity contribution is 7.80. The molecule has 112 valence electrons.